The number of nitrogens with one attached hydrogen (secondary N) is 2. The summed E-state index contributed by atoms with van der Waals surface area (Å²) >= 11 is 0. The minimum Gasteiger partial charge on any atom is -0.377 e. The summed E-state index contributed by atoms with van der Waals surface area (Å²) in [6.45, 7) is 4.51. The Morgan fingerprint density at radius 3 is 2.38 bits per heavy atom. The van der Waals surface area contributed by atoms with Crippen LogP contribution >= 0.6 is 0 Å². The summed E-state index contributed by atoms with van der Waals surface area (Å²) in [5.74, 6) is 1.09. The third-order valence-corrected chi connectivity index (χ3v) is 8.34. The van der Waals surface area contributed by atoms with Crippen molar-refractivity contribution in [2.75, 3.05) is 42.9 Å². The SMILES string of the molecule is CC1COCC(C)N1c1cc(C2(S(C)(=O)=O)CC2)nc(-c2ccc(NC(=O)NCCF)cc2)n1. The number of alkyl halides is 1. The highest BCUT2D eigenvalue weighted by Gasteiger charge is 2.55. The second-order valence-corrected chi connectivity index (χ2v) is 11.3. The van der Waals surface area contributed by atoms with Crippen molar-refractivity contribution in [2.45, 2.75) is 43.5 Å². The number of morpholine rings is 1. The lowest BCUT2D eigenvalue weighted by Crippen LogP contribution is -2.50. The number of benzene rings is 1. The molecule has 1 aromatic carbocycles. The van der Waals surface area contributed by atoms with Gasteiger partial charge in [-0.05, 0) is 51.0 Å². The number of ether oxygens (including phenoxy) is 1. The van der Waals surface area contributed by atoms with E-state index >= 15 is 0 Å². The van der Waals surface area contributed by atoms with Crippen molar-refractivity contribution in [3.63, 3.8) is 0 Å². The van der Waals surface area contributed by atoms with Gasteiger partial charge < -0.3 is 20.3 Å². The molecule has 9 nitrogen and oxygen atoms in total. The van der Waals surface area contributed by atoms with Crippen LogP contribution in [0.15, 0.2) is 30.3 Å². The highest BCUT2D eigenvalue weighted by molar-refractivity contribution is 7.91. The summed E-state index contributed by atoms with van der Waals surface area (Å²) < 4.78 is 42.2. The predicted octanol–water partition coefficient (Wildman–Crippen LogP) is 2.88. The maximum Gasteiger partial charge on any atom is 0.319 e. The van der Waals surface area contributed by atoms with E-state index < -0.39 is 27.3 Å². The van der Waals surface area contributed by atoms with Crippen molar-refractivity contribution in [1.29, 1.82) is 0 Å². The van der Waals surface area contributed by atoms with Crippen molar-refractivity contribution < 1.29 is 22.3 Å². The molecule has 1 aromatic heterocycles. The Bertz CT molecular complexity index is 1140. The zero-order chi connectivity index (χ0) is 24.5. The largest absolute Gasteiger partial charge is 0.377 e. The number of hydrogen-bond donors (Lipinski definition) is 2. The van der Waals surface area contributed by atoms with Crippen LogP contribution in [0.3, 0.4) is 0 Å². The minimum absolute atomic E-state index is 0.0617. The second kappa shape index (κ2) is 9.46. The van der Waals surface area contributed by atoms with Gasteiger partial charge in [0, 0.05) is 30.1 Å². The maximum absolute atomic E-state index is 12.6. The Hall–Kier alpha value is -2.79. The number of carbonyl (C=O) groups excluding carboxylic acids is 1. The minimum atomic E-state index is -3.36. The predicted molar refractivity (Wildman–Crippen MR) is 128 cm³/mol. The Labute approximate surface area is 199 Å². The first kappa shape index (κ1) is 24.3. The standard InChI is InChI=1S/C23H30FN5O4S/c1-15-13-33-14-16(2)29(15)20-12-19(23(8-9-23)34(3,31)32)27-21(28-20)17-4-6-18(7-5-17)26-22(30)25-11-10-24/h4-7,12,15-16H,8-11,13-14H2,1-3H3,(H2,25,26,30). The van der Waals surface area contributed by atoms with E-state index in [1.165, 1.54) is 6.26 Å². The smallest absolute Gasteiger partial charge is 0.319 e. The third-order valence-electron chi connectivity index (χ3n) is 6.31. The first-order chi connectivity index (χ1) is 16.1. The van der Waals surface area contributed by atoms with Crippen LogP contribution in [0, 0.1) is 0 Å². The van der Waals surface area contributed by atoms with Gasteiger partial charge in [0.15, 0.2) is 15.7 Å². The second-order valence-electron chi connectivity index (χ2n) is 8.99. The number of halogens is 1. The summed E-state index contributed by atoms with van der Waals surface area (Å²) in [4.78, 5) is 23.4. The number of urea groups is 1. The highest BCUT2D eigenvalue weighted by atomic mass is 32.2. The molecule has 2 fully saturated rings. The van der Waals surface area contributed by atoms with Crippen molar-refractivity contribution in [3.8, 4) is 11.4 Å². The van der Waals surface area contributed by atoms with E-state index in [4.69, 9.17) is 14.7 Å². The summed E-state index contributed by atoms with van der Waals surface area (Å²) in [5, 5.41) is 5.04. The quantitative estimate of drug-likeness (QED) is 0.612. The van der Waals surface area contributed by atoms with Crippen LogP contribution in [0.2, 0.25) is 0 Å². The van der Waals surface area contributed by atoms with Crippen molar-refractivity contribution in [2.24, 2.45) is 0 Å². The van der Waals surface area contributed by atoms with E-state index in [0.29, 0.717) is 54.6 Å². The van der Waals surface area contributed by atoms with Gasteiger partial charge in [-0.15, -0.1) is 0 Å². The van der Waals surface area contributed by atoms with Gasteiger partial charge in [-0.3, -0.25) is 0 Å². The Morgan fingerprint density at radius 2 is 1.82 bits per heavy atom. The molecule has 0 bridgehead atoms. The van der Waals surface area contributed by atoms with Gasteiger partial charge >= 0.3 is 6.03 Å². The number of sulfone groups is 1. The molecule has 2 unspecified atom stereocenters. The van der Waals surface area contributed by atoms with E-state index in [9.17, 15) is 17.6 Å². The van der Waals surface area contributed by atoms with E-state index in [2.05, 4.69) is 29.4 Å². The average molecular weight is 492 g/mol. The molecule has 1 saturated carbocycles. The number of carbonyl (C=O) groups is 1. The Morgan fingerprint density at radius 1 is 1.18 bits per heavy atom. The number of aromatic nitrogens is 2. The number of hydrogen-bond acceptors (Lipinski definition) is 7. The zero-order valence-electron chi connectivity index (χ0n) is 19.5. The van der Waals surface area contributed by atoms with Crippen LogP contribution in [-0.4, -0.2) is 69.2 Å². The van der Waals surface area contributed by atoms with Crippen LogP contribution in [0.4, 0.5) is 20.7 Å². The topological polar surface area (TPSA) is 114 Å². The van der Waals surface area contributed by atoms with Crippen LogP contribution in [0.25, 0.3) is 11.4 Å². The number of nitrogens with zero attached hydrogens (tertiary/aromatic N) is 3. The molecule has 2 aliphatic rings. The van der Waals surface area contributed by atoms with Gasteiger partial charge in [-0.1, -0.05) is 0 Å². The maximum atomic E-state index is 12.6. The molecular weight excluding hydrogens is 461 g/mol. The van der Waals surface area contributed by atoms with Gasteiger partial charge in [-0.25, -0.2) is 27.6 Å². The number of amides is 2. The molecular formula is C23H30FN5O4S. The highest BCUT2D eigenvalue weighted by Crippen LogP contribution is 2.52. The fourth-order valence-corrected chi connectivity index (χ4v) is 5.68. The molecule has 2 aromatic rings. The average Bonchev–Trinajstić information content (AvgIpc) is 3.60. The van der Waals surface area contributed by atoms with Crippen LogP contribution < -0.4 is 15.5 Å². The first-order valence-electron chi connectivity index (χ1n) is 11.3. The number of anilines is 2. The Kier molecular flexibility index (Phi) is 6.77. The lowest BCUT2D eigenvalue weighted by molar-refractivity contribution is 0.0752. The number of rotatable bonds is 7. The zero-order valence-corrected chi connectivity index (χ0v) is 20.4. The molecule has 0 spiro atoms. The molecule has 0 radical (unpaired) electrons. The molecule has 1 aliphatic heterocycles. The molecule has 2 heterocycles. The van der Waals surface area contributed by atoms with Gasteiger partial charge in [0.2, 0.25) is 0 Å². The van der Waals surface area contributed by atoms with Crippen LogP contribution in [0.5, 0.6) is 0 Å². The normalized spacial score (nSPS) is 21.7. The molecule has 11 heteroatoms. The monoisotopic (exact) mass is 491 g/mol. The van der Waals surface area contributed by atoms with E-state index in [1.807, 2.05) is 0 Å². The van der Waals surface area contributed by atoms with E-state index in [0.717, 1.165) is 0 Å². The molecule has 184 valence electrons. The lowest BCUT2D eigenvalue weighted by Gasteiger charge is -2.40. The van der Waals surface area contributed by atoms with Gasteiger partial charge in [-0.2, -0.15) is 0 Å². The van der Waals surface area contributed by atoms with Crippen molar-refractivity contribution >= 4 is 27.4 Å². The van der Waals surface area contributed by atoms with Gasteiger partial charge in [0.25, 0.3) is 0 Å². The lowest BCUT2D eigenvalue weighted by atomic mass is 10.1. The summed E-state index contributed by atoms with van der Waals surface area (Å²) in [6, 6.07) is 8.38. The molecule has 1 aliphatic carbocycles. The van der Waals surface area contributed by atoms with Gasteiger partial charge in [0.1, 0.15) is 17.2 Å². The summed E-state index contributed by atoms with van der Waals surface area (Å²) in [5.41, 5.74) is 1.73. The summed E-state index contributed by atoms with van der Waals surface area (Å²) in [6.07, 6.45) is 2.33. The molecule has 4 rings (SSSR count). The first-order valence-corrected chi connectivity index (χ1v) is 13.2. The van der Waals surface area contributed by atoms with Crippen LogP contribution in [0.1, 0.15) is 32.4 Å². The summed E-state index contributed by atoms with van der Waals surface area (Å²) in [7, 11) is -3.36. The molecule has 2 N–H and O–H groups in total. The van der Waals surface area contributed by atoms with Crippen LogP contribution in [-0.2, 0) is 19.3 Å². The molecule has 2 amide bonds. The van der Waals surface area contributed by atoms with E-state index in [-0.39, 0.29) is 18.6 Å². The molecule has 34 heavy (non-hydrogen) atoms. The Balaban J connectivity index is 1.71. The fourth-order valence-electron chi connectivity index (χ4n) is 4.35. The van der Waals surface area contributed by atoms with Crippen molar-refractivity contribution in [1.82, 2.24) is 15.3 Å². The molecule has 2 atom stereocenters. The molecule has 1 saturated heterocycles. The third kappa shape index (κ3) is 4.85. The van der Waals surface area contributed by atoms with E-state index in [1.54, 1.807) is 30.3 Å². The fraction of sp³-hybridized carbons (Fsp3) is 0.522. The van der Waals surface area contributed by atoms with Gasteiger partial charge in [0.05, 0.1) is 31.0 Å². The van der Waals surface area contributed by atoms with Crippen molar-refractivity contribution in [3.05, 3.63) is 36.0 Å².